The van der Waals surface area contributed by atoms with Crippen LogP contribution in [0.3, 0.4) is 0 Å². The van der Waals surface area contributed by atoms with Crippen LogP contribution >= 0.6 is 0 Å². The second-order valence-corrected chi connectivity index (χ2v) is 6.75. The molecule has 0 spiro atoms. The zero-order valence-corrected chi connectivity index (χ0v) is 15.9. The molecule has 6 nitrogen and oxygen atoms in total. The summed E-state index contributed by atoms with van der Waals surface area (Å²) >= 11 is 0. The fourth-order valence-electron chi connectivity index (χ4n) is 3.11. The number of fused-ring (bicyclic) bond motifs is 1. The van der Waals surface area contributed by atoms with Gasteiger partial charge in [-0.3, -0.25) is 0 Å². The Morgan fingerprint density at radius 1 is 1.41 bits per heavy atom. The molecule has 2 atom stereocenters. The number of nitrogens with zero attached hydrogens (tertiary/aromatic N) is 3. The van der Waals surface area contributed by atoms with E-state index < -0.39 is 5.95 Å². The van der Waals surface area contributed by atoms with E-state index in [9.17, 15) is 4.39 Å². The molecule has 2 N–H and O–H groups in total. The average Bonchev–Trinajstić information content (AvgIpc) is 2.66. The second-order valence-electron chi connectivity index (χ2n) is 6.75. The minimum Gasteiger partial charge on any atom is -0.490 e. The van der Waals surface area contributed by atoms with Gasteiger partial charge in [0.15, 0.2) is 5.96 Å². The number of hydrogen-bond acceptors (Lipinski definition) is 4. The summed E-state index contributed by atoms with van der Waals surface area (Å²) in [4.78, 5) is 10.2. The van der Waals surface area contributed by atoms with E-state index in [4.69, 9.17) is 15.2 Å². The zero-order chi connectivity index (χ0) is 19.4. The highest BCUT2D eigenvalue weighted by Gasteiger charge is 2.29. The predicted molar refractivity (Wildman–Crippen MR) is 103 cm³/mol. The predicted octanol–water partition coefficient (Wildman–Crippen LogP) is 2.99. The molecule has 0 fully saturated rings. The van der Waals surface area contributed by atoms with E-state index in [-0.39, 0.29) is 12.1 Å². The van der Waals surface area contributed by atoms with Gasteiger partial charge in [-0.2, -0.15) is 4.39 Å². The molecular formula is C20H25FN4O2. The molecule has 144 valence electrons. The summed E-state index contributed by atoms with van der Waals surface area (Å²) in [5.41, 5.74) is 8.15. The Bertz CT molecular complexity index is 825. The van der Waals surface area contributed by atoms with Gasteiger partial charge in [-0.1, -0.05) is 6.07 Å². The van der Waals surface area contributed by atoms with Crippen LogP contribution in [-0.4, -0.2) is 49.8 Å². The Balaban J connectivity index is 2.00. The summed E-state index contributed by atoms with van der Waals surface area (Å²) < 4.78 is 25.4. The lowest BCUT2D eigenvalue weighted by Gasteiger charge is -2.31. The summed E-state index contributed by atoms with van der Waals surface area (Å²) in [6.45, 7) is 0.610. The smallest absolute Gasteiger partial charge is 0.220 e. The van der Waals surface area contributed by atoms with Crippen LogP contribution in [0, 0.1) is 5.95 Å². The third-order valence-electron chi connectivity index (χ3n) is 4.61. The van der Waals surface area contributed by atoms with Gasteiger partial charge in [0.25, 0.3) is 0 Å². The first-order valence-electron chi connectivity index (χ1n) is 8.90. The largest absolute Gasteiger partial charge is 0.490 e. The van der Waals surface area contributed by atoms with Crippen LogP contribution in [0.1, 0.15) is 24.4 Å². The Morgan fingerprint density at radius 2 is 2.22 bits per heavy atom. The molecule has 1 aliphatic rings. The van der Waals surface area contributed by atoms with Crippen molar-refractivity contribution < 1.29 is 13.9 Å². The van der Waals surface area contributed by atoms with Crippen molar-refractivity contribution in [3.63, 3.8) is 0 Å². The van der Waals surface area contributed by atoms with Crippen molar-refractivity contribution in [1.29, 1.82) is 0 Å². The minimum absolute atomic E-state index is 0.0119. The summed E-state index contributed by atoms with van der Waals surface area (Å²) in [5.74, 6) is 0.687. The Morgan fingerprint density at radius 3 is 2.93 bits per heavy atom. The van der Waals surface area contributed by atoms with Crippen molar-refractivity contribution in [3.05, 3.63) is 48.0 Å². The Kier molecular flexibility index (Phi) is 5.91. The van der Waals surface area contributed by atoms with Gasteiger partial charge >= 0.3 is 0 Å². The number of methoxy groups -OCH3 is 1. The molecule has 0 bridgehead atoms. The van der Waals surface area contributed by atoms with Crippen LogP contribution in [0.2, 0.25) is 0 Å². The first-order chi connectivity index (χ1) is 13.0. The van der Waals surface area contributed by atoms with Crippen molar-refractivity contribution in [2.24, 2.45) is 10.7 Å². The van der Waals surface area contributed by atoms with Gasteiger partial charge < -0.3 is 20.1 Å². The van der Waals surface area contributed by atoms with Crippen molar-refractivity contribution in [3.8, 4) is 16.9 Å². The first-order valence-corrected chi connectivity index (χ1v) is 8.90. The lowest BCUT2D eigenvalue weighted by molar-refractivity contribution is 0.104. The summed E-state index contributed by atoms with van der Waals surface area (Å²) in [6, 6.07) is 8.88. The first kappa shape index (κ1) is 19.1. The molecule has 7 heteroatoms. The van der Waals surface area contributed by atoms with Gasteiger partial charge in [-0.05, 0) is 29.8 Å². The van der Waals surface area contributed by atoms with Crippen molar-refractivity contribution >= 4 is 5.96 Å². The maximum Gasteiger partial charge on any atom is 0.220 e. The number of aromatic nitrogens is 1. The highest BCUT2D eigenvalue weighted by atomic mass is 19.1. The normalized spacial score (nSPS) is 19.3. The van der Waals surface area contributed by atoms with Gasteiger partial charge in [-0.15, -0.1) is 0 Å². The van der Waals surface area contributed by atoms with Crippen LogP contribution in [0.15, 0.2) is 41.5 Å². The molecule has 2 heterocycles. The van der Waals surface area contributed by atoms with E-state index in [0.717, 1.165) is 23.3 Å². The van der Waals surface area contributed by atoms with Gasteiger partial charge in [0.2, 0.25) is 5.95 Å². The molecule has 0 aliphatic carbocycles. The number of pyridine rings is 1. The van der Waals surface area contributed by atoms with Gasteiger partial charge in [0, 0.05) is 58.0 Å². The van der Waals surface area contributed by atoms with E-state index in [1.54, 1.807) is 24.1 Å². The lowest BCUT2D eigenvalue weighted by Crippen LogP contribution is -2.33. The quantitative estimate of drug-likeness (QED) is 0.496. The number of rotatable bonds is 5. The standard InChI is InChI=1S/C20H25FN4O2/c1-25(2)20(22)24-17-12-14(8-10-26-3)27-18-7-6-13(11-16(17)18)15-5-4-9-23-19(15)21/h4-7,9,11,14,17H,8,10,12H2,1-3H3,(H2,22,24)/t14-,17+/m0/s1. The molecule has 1 aromatic carbocycles. The highest BCUT2D eigenvalue weighted by molar-refractivity contribution is 5.78. The molecule has 2 aromatic rings. The fraction of sp³-hybridized carbons (Fsp3) is 0.400. The monoisotopic (exact) mass is 372 g/mol. The van der Waals surface area contributed by atoms with Gasteiger partial charge in [0.05, 0.1) is 6.04 Å². The molecule has 27 heavy (non-hydrogen) atoms. The second kappa shape index (κ2) is 8.35. The third-order valence-corrected chi connectivity index (χ3v) is 4.61. The summed E-state index contributed by atoms with van der Waals surface area (Å²) in [5, 5.41) is 0. The zero-order valence-electron chi connectivity index (χ0n) is 15.9. The van der Waals surface area contributed by atoms with Crippen LogP contribution in [0.4, 0.5) is 4.39 Å². The minimum atomic E-state index is -0.500. The van der Waals surface area contributed by atoms with Crippen LogP contribution in [0.25, 0.3) is 11.1 Å². The number of guanidine groups is 1. The van der Waals surface area contributed by atoms with E-state index in [2.05, 4.69) is 9.98 Å². The number of benzene rings is 1. The van der Waals surface area contributed by atoms with Crippen LogP contribution in [-0.2, 0) is 4.74 Å². The number of hydrogen-bond donors (Lipinski definition) is 1. The third kappa shape index (κ3) is 4.36. The topological polar surface area (TPSA) is 73.0 Å². The van der Waals surface area contributed by atoms with Gasteiger partial charge in [0.1, 0.15) is 11.9 Å². The summed E-state index contributed by atoms with van der Waals surface area (Å²) in [7, 11) is 5.37. The number of halogens is 1. The average molecular weight is 372 g/mol. The summed E-state index contributed by atoms with van der Waals surface area (Å²) in [6.07, 6.45) is 2.88. The van der Waals surface area contributed by atoms with Crippen LogP contribution < -0.4 is 10.5 Å². The van der Waals surface area contributed by atoms with Crippen LogP contribution in [0.5, 0.6) is 5.75 Å². The van der Waals surface area contributed by atoms with Gasteiger partial charge in [-0.25, -0.2) is 9.98 Å². The lowest BCUT2D eigenvalue weighted by atomic mass is 9.92. The molecule has 0 radical (unpaired) electrons. The molecule has 1 aliphatic heterocycles. The van der Waals surface area contributed by atoms with E-state index >= 15 is 0 Å². The molecule has 3 rings (SSSR count). The maximum absolute atomic E-state index is 14.1. The Labute approximate surface area is 158 Å². The van der Waals surface area contributed by atoms with E-state index in [0.29, 0.717) is 24.6 Å². The molecule has 0 saturated carbocycles. The fourth-order valence-corrected chi connectivity index (χ4v) is 3.11. The van der Waals surface area contributed by atoms with E-state index in [1.165, 1.54) is 6.20 Å². The number of aliphatic imine (C=N–C) groups is 1. The Hall–Kier alpha value is -2.67. The van der Waals surface area contributed by atoms with E-state index in [1.807, 2.05) is 32.3 Å². The number of ether oxygens (including phenoxy) is 2. The SMILES string of the molecule is COCC[C@H]1C[C@@H](N=C(N)N(C)C)c2cc(-c3cccnc3F)ccc2O1. The molecule has 1 aromatic heterocycles. The number of nitrogens with two attached hydrogens (primary N) is 1. The van der Waals surface area contributed by atoms with Crippen molar-refractivity contribution in [2.75, 3.05) is 27.8 Å². The van der Waals surface area contributed by atoms with Crippen molar-refractivity contribution in [1.82, 2.24) is 9.88 Å². The molecular weight excluding hydrogens is 347 g/mol. The highest BCUT2D eigenvalue weighted by Crippen LogP contribution is 2.40. The molecule has 0 unspecified atom stereocenters. The molecule has 0 amide bonds. The maximum atomic E-state index is 14.1. The van der Waals surface area contributed by atoms with Crippen molar-refractivity contribution in [2.45, 2.75) is 25.0 Å². The molecule has 0 saturated heterocycles.